The second kappa shape index (κ2) is 8.41. The van der Waals surface area contributed by atoms with Gasteiger partial charge in [0.15, 0.2) is 4.96 Å². The number of benzene rings is 2. The van der Waals surface area contributed by atoms with Gasteiger partial charge in [-0.05, 0) is 30.2 Å². The van der Waals surface area contributed by atoms with Crippen LogP contribution in [-0.2, 0) is 0 Å². The van der Waals surface area contributed by atoms with Crippen molar-refractivity contribution in [3.8, 4) is 11.3 Å². The zero-order chi connectivity index (χ0) is 22.2. The Morgan fingerprint density at radius 3 is 2.56 bits per heavy atom. The van der Waals surface area contributed by atoms with Crippen LogP contribution in [0.5, 0.6) is 0 Å². The number of hydrogen-bond acceptors (Lipinski definition) is 5. The monoisotopic (exact) mass is 464 g/mol. The van der Waals surface area contributed by atoms with Gasteiger partial charge < -0.3 is 9.80 Å². The molecule has 32 heavy (non-hydrogen) atoms. The van der Waals surface area contributed by atoms with Crippen molar-refractivity contribution >= 4 is 39.5 Å². The number of carbonyl (C=O) groups excluding carboxylic acids is 1. The second-order valence-electron chi connectivity index (χ2n) is 7.79. The van der Waals surface area contributed by atoms with Gasteiger partial charge >= 0.3 is 0 Å². The lowest BCUT2D eigenvalue weighted by atomic mass is 10.1. The van der Waals surface area contributed by atoms with Crippen molar-refractivity contribution in [2.24, 2.45) is 0 Å². The zero-order valence-corrected chi connectivity index (χ0v) is 19.1. The van der Waals surface area contributed by atoms with Crippen LogP contribution in [0.3, 0.4) is 0 Å². The first-order chi connectivity index (χ1) is 15.5. The summed E-state index contributed by atoms with van der Waals surface area (Å²) in [6.45, 7) is 4.47. The molecule has 0 saturated carbocycles. The fourth-order valence-corrected chi connectivity index (χ4v) is 5.12. The summed E-state index contributed by atoms with van der Waals surface area (Å²) < 4.78 is 1.54. The molecule has 0 radical (unpaired) electrons. The minimum Gasteiger partial charge on any atom is -0.368 e. The highest BCUT2D eigenvalue weighted by Gasteiger charge is 2.26. The molecule has 6 nitrogen and oxygen atoms in total. The summed E-state index contributed by atoms with van der Waals surface area (Å²) in [6, 6.07) is 15.5. The lowest BCUT2D eigenvalue weighted by molar-refractivity contribution is 0.0744. The molecule has 162 valence electrons. The van der Waals surface area contributed by atoms with Gasteiger partial charge in [-0.25, -0.2) is 4.98 Å². The molecule has 8 heteroatoms. The van der Waals surface area contributed by atoms with Crippen molar-refractivity contribution in [1.82, 2.24) is 14.3 Å². The third-order valence-corrected chi connectivity index (χ3v) is 6.90. The molecule has 0 N–H and O–H groups in total. The van der Waals surface area contributed by atoms with Crippen molar-refractivity contribution in [3.63, 3.8) is 0 Å². The predicted octanol–water partition coefficient (Wildman–Crippen LogP) is 4.35. The molecule has 1 amide bonds. The summed E-state index contributed by atoms with van der Waals surface area (Å²) in [5.41, 5.74) is 3.67. The van der Waals surface area contributed by atoms with Crippen LogP contribution in [-0.4, -0.2) is 46.4 Å². The molecule has 4 aromatic rings. The minimum absolute atomic E-state index is 0.102. The predicted molar refractivity (Wildman–Crippen MR) is 129 cm³/mol. The topological polar surface area (TPSA) is 57.9 Å². The standard InChI is InChI=1S/C24H21ClN4O2S/c1-16-7-8-18(25)13-20(16)27-9-11-28(12-10-27)22(30)19-14-26-24-29(23(19)31)21(15-32-24)17-5-3-2-4-6-17/h2-8,13-15H,9-12H2,1H3. The Hall–Kier alpha value is -3.16. The van der Waals surface area contributed by atoms with Gasteiger partial charge in [0.05, 0.1) is 5.69 Å². The van der Waals surface area contributed by atoms with Crippen LogP contribution < -0.4 is 10.5 Å². The smallest absolute Gasteiger partial charge is 0.271 e. The van der Waals surface area contributed by atoms with Crippen LogP contribution in [0.4, 0.5) is 5.69 Å². The number of fused-ring (bicyclic) bond motifs is 1. The molecule has 0 aliphatic carbocycles. The van der Waals surface area contributed by atoms with E-state index < -0.39 is 0 Å². The maximum atomic E-state index is 13.3. The largest absolute Gasteiger partial charge is 0.368 e. The van der Waals surface area contributed by atoms with Gasteiger partial charge in [0.1, 0.15) is 5.56 Å². The Bertz CT molecular complexity index is 1360. The van der Waals surface area contributed by atoms with Gasteiger partial charge in [0.2, 0.25) is 0 Å². The molecule has 1 fully saturated rings. The Morgan fingerprint density at radius 1 is 1.06 bits per heavy atom. The van der Waals surface area contributed by atoms with Gasteiger partial charge in [-0.2, -0.15) is 0 Å². The van der Waals surface area contributed by atoms with E-state index >= 15 is 0 Å². The number of aryl methyl sites for hydroxylation is 1. The molecule has 0 spiro atoms. The molecule has 2 aromatic heterocycles. The number of amides is 1. The number of anilines is 1. The quantitative estimate of drug-likeness (QED) is 0.452. The van der Waals surface area contributed by atoms with Crippen LogP contribution in [0, 0.1) is 6.92 Å². The van der Waals surface area contributed by atoms with E-state index in [9.17, 15) is 9.59 Å². The maximum Gasteiger partial charge on any atom is 0.271 e. The van der Waals surface area contributed by atoms with Gasteiger partial charge in [-0.3, -0.25) is 14.0 Å². The number of hydrogen-bond donors (Lipinski definition) is 0. The first kappa shape index (κ1) is 20.7. The number of piperazine rings is 1. The SMILES string of the molecule is Cc1ccc(Cl)cc1N1CCN(C(=O)c2cnc3scc(-c4ccccc4)n3c2=O)CC1. The van der Waals surface area contributed by atoms with E-state index in [1.165, 1.54) is 17.5 Å². The van der Waals surface area contributed by atoms with Crippen molar-refractivity contribution in [2.45, 2.75) is 6.92 Å². The number of halogens is 1. The summed E-state index contributed by atoms with van der Waals surface area (Å²) in [5, 5.41) is 2.60. The molecule has 1 aliphatic heterocycles. The molecule has 3 heterocycles. The summed E-state index contributed by atoms with van der Waals surface area (Å²) >= 11 is 7.56. The number of rotatable bonds is 3. The fourth-order valence-electron chi connectivity index (χ4n) is 4.09. The highest BCUT2D eigenvalue weighted by atomic mass is 35.5. The van der Waals surface area contributed by atoms with Crippen LogP contribution in [0.1, 0.15) is 15.9 Å². The van der Waals surface area contributed by atoms with Crippen LogP contribution in [0.15, 0.2) is 64.9 Å². The molecule has 1 saturated heterocycles. The highest BCUT2D eigenvalue weighted by Crippen LogP contribution is 2.26. The highest BCUT2D eigenvalue weighted by molar-refractivity contribution is 7.15. The molecule has 0 bridgehead atoms. The minimum atomic E-state index is -0.326. The lowest BCUT2D eigenvalue weighted by Crippen LogP contribution is -2.50. The average molecular weight is 465 g/mol. The van der Waals surface area contributed by atoms with E-state index in [1.54, 1.807) is 9.30 Å². The van der Waals surface area contributed by atoms with Gasteiger partial charge in [-0.15, -0.1) is 11.3 Å². The van der Waals surface area contributed by atoms with E-state index in [-0.39, 0.29) is 17.0 Å². The molecular weight excluding hydrogens is 444 g/mol. The number of nitrogens with zero attached hydrogens (tertiary/aromatic N) is 4. The van der Waals surface area contributed by atoms with Crippen molar-refractivity contribution in [2.75, 3.05) is 31.1 Å². The summed E-state index contributed by atoms with van der Waals surface area (Å²) in [4.78, 5) is 35.5. The molecule has 0 unspecified atom stereocenters. The molecule has 1 aliphatic rings. The number of aromatic nitrogens is 2. The van der Waals surface area contributed by atoms with E-state index in [4.69, 9.17) is 11.6 Å². The Balaban J connectivity index is 1.41. The Kier molecular flexibility index (Phi) is 5.45. The van der Waals surface area contributed by atoms with E-state index in [0.717, 1.165) is 22.5 Å². The van der Waals surface area contributed by atoms with E-state index in [0.29, 0.717) is 36.2 Å². The van der Waals surface area contributed by atoms with Crippen LogP contribution in [0.2, 0.25) is 5.02 Å². The molecule has 0 atom stereocenters. The molecule has 2 aromatic carbocycles. The Labute approximate surface area is 194 Å². The van der Waals surface area contributed by atoms with Crippen molar-refractivity contribution < 1.29 is 4.79 Å². The molecule has 5 rings (SSSR count). The number of carbonyl (C=O) groups is 1. The summed E-state index contributed by atoms with van der Waals surface area (Å²) in [6.07, 6.45) is 1.42. The van der Waals surface area contributed by atoms with E-state index in [2.05, 4.69) is 16.8 Å². The van der Waals surface area contributed by atoms with Crippen molar-refractivity contribution in [3.05, 3.63) is 86.6 Å². The maximum absolute atomic E-state index is 13.3. The Morgan fingerprint density at radius 2 is 1.81 bits per heavy atom. The van der Waals surface area contributed by atoms with Crippen LogP contribution >= 0.6 is 22.9 Å². The third-order valence-electron chi connectivity index (χ3n) is 5.82. The lowest BCUT2D eigenvalue weighted by Gasteiger charge is -2.36. The fraction of sp³-hybridized carbons (Fsp3) is 0.208. The summed E-state index contributed by atoms with van der Waals surface area (Å²) in [5.74, 6) is -0.274. The third kappa shape index (κ3) is 3.67. The second-order valence-corrected chi connectivity index (χ2v) is 9.07. The van der Waals surface area contributed by atoms with Crippen molar-refractivity contribution in [1.29, 1.82) is 0 Å². The normalized spacial score (nSPS) is 14.2. The van der Waals surface area contributed by atoms with Gasteiger partial charge in [-0.1, -0.05) is 48.0 Å². The van der Waals surface area contributed by atoms with E-state index in [1.807, 2.05) is 53.9 Å². The molecular formula is C24H21ClN4O2S. The average Bonchev–Trinajstić information content (AvgIpc) is 3.26. The first-order valence-electron chi connectivity index (χ1n) is 10.4. The van der Waals surface area contributed by atoms with Gasteiger partial charge in [0, 0.05) is 48.5 Å². The van der Waals surface area contributed by atoms with Crippen LogP contribution in [0.25, 0.3) is 16.2 Å². The van der Waals surface area contributed by atoms with Gasteiger partial charge in [0.25, 0.3) is 11.5 Å². The summed E-state index contributed by atoms with van der Waals surface area (Å²) in [7, 11) is 0. The number of thiazole rings is 1. The zero-order valence-electron chi connectivity index (χ0n) is 17.5. The first-order valence-corrected chi connectivity index (χ1v) is 11.6.